The van der Waals surface area contributed by atoms with Crippen molar-refractivity contribution in [3.63, 3.8) is 0 Å². The molecule has 0 aliphatic heterocycles. The first kappa shape index (κ1) is 14.5. The predicted molar refractivity (Wildman–Crippen MR) is 101 cm³/mol. The minimum atomic E-state index is 0.925. The van der Waals surface area contributed by atoms with Gasteiger partial charge < -0.3 is 4.98 Å². The van der Waals surface area contributed by atoms with Gasteiger partial charge in [-0.15, -0.1) is 0 Å². The lowest BCUT2D eigenvalue weighted by molar-refractivity contribution is 1.20. The molecule has 4 aromatic rings. The molecule has 0 saturated carbocycles. The summed E-state index contributed by atoms with van der Waals surface area (Å²) in [5.74, 6) is 0. The highest BCUT2D eigenvalue weighted by Crippen LogP contribution is 2.30. The van der Waals surface area contributed by atoms with Crippen LogP contribution in [0.25, 0.3) is 22.5 Å². The molecule has 0 bridgehead atoms. The molecule has 0 unspecified atom stereocenters. The highest BCUT2D eigenvalue weighted by atomic mass is 14.7. The van der Waals surface area contributed by atoms with Crippen molar-refractivity contribution < 1.29 is 0 Å². The van der Waals surface area contributed by atoms with Gasteiger partial charge in [0, 0.05) is 11.4 Å². The molecule has 0 fully saturated rings. The Labute approximate surface area is 142 Å². The summed E-state index contributed by atoms with van der Waals surface area (Å²) >= 11 is 0. The maximum atomic E-state index is 3.63. The average Bonchev–Trinajstić information content (AvgIpc) is 3.08. The molecular weight excluding hydrogens is 290 g/mol. The van der Waals surface area contributed by atoms with E-state index in [9.17, 15) is 0 Å². The van der Waals surface area contributed by atoms with E-state index in [1.54, 1.807) is 0 Å². The Balaban J connectivity index is 1.80. The van der Waals surface area contributed by atoms with E-state index in [-0.39, 0.29) is 0 Å². The molecule has 3 aromatic carbocycles. The van der Waals surface area contributed by atoms with E-state index in [1.165, 1.54) is 33.6 Å². The second kappa shape index (κ2) is 6.59. The van der Waals surface area contributed by atoms with Crippen LogP contribution in [-0.2, 0) is 6.42 Å². The minimum Gasteiger partial charge on any atom is -0.354 e. The molecule has 1 nitrogen and oxygen atoms in total. The highest BCUT2D eigenvalue weighted by molar-refractivity contribution is 5.72. The molecule has 0 aliphatic carbocycles. The fourth-order valence-electron chi connectivity index (χ4n) is 3.09. The van der Waals surface area contributed by atoms with Crippen molar-refractivity contribution in [1.29, 1.82) is 0 Å². The Morgan fingerprint density at radius 2 is 1.12 bits per heavy atom. The Hall–Kier alpha value is -3.06. The summed E-state index contributed by atoms with van der Waals surface area (Å²) in [7, 11) is 0. The standard InChI is InChI=1S/C23H19N/c1-4-10-18(11-5-1)16-21-17-22(19-12-6-2-7-13-19)24-23(21)20-14-8-3-9-15-20/h1-15,17,24H,16H2. The van der Waals surface area contributed by atoms with E-state index in [2.05, 4.69) is 102 Å². The van der Waals surface area contributed by atoms with Gasteiger partial charge in [-0.3, -0.25) is 0 Å². The number of hydrogen-bond acceptors (Lipinski definition) is 0. The van der Waals surface area contributed by atoms with Crippen molar-refractivity contribution in [3.8, 4) is 22.5 Å². The van der Waals surface area contributed by atoms with Gasteiger partial charge in [-0.05, 0) is 34.7 Å². The molecule has 0 saturated heterocycles. The smallest absolute Gasteiger partial charge is 0.0494 e. The van der Waals surface area contributed by atoms with E-state index in [0.717, 1.165) is 6.42 Å². The molecule has 0 radical (unpaired) electrons. The molecule has 0 aliphatic rings. The van der Waals surface area contributed by atoms with Crippen molar-refractivity contribution in [2.75, 3.05) is 0 Å². The molecule has 1 aromatic heterocycles. The van der Waals surface area contributed by atoms with Crippen molar-refractivity contribution in [2.24, 2.45) is 0 Å². The van der Waals surface area contributed by atoms with Crippen LogP contribution in [0.2, 0.25) is 0 Å². The van der Waals surface area contributed by atoms with Gasteiger partial charge in [-0.2, -0.15) is 0 Å². The van der Waals surface area contributed by atoms with Gasteiger partial charge in [0.15, 0.2) is 0 Å². The maximum absolute atomic E-state index is 3.63. The Kier molecular flexibility index (Phi) is 3.99. The average molecular weight is 309 g/mol. The summed E-state index contributed by atoms with van der Waals surface area (Å²) in [6.45, 7) is 0. The second-order valence-corrected chi connectivity index (χ2v) is 5.98. The number of H-pyrrole nitrogens is 1. The molecule has 1 N–H and O–H groups in total. The molecular formula is C23H19N. The Morgan fingerprint density at radius 1 is 0.583 bits per heavy atom. The molecule has 4 rings (SSSR count). The monoisotopic (exact) mass is 309 g/mol. The summed E-state index contributed by atoms with van der Waals surface area (Å²) in [5.41, 5.74) is 7.47. The molecule has 1 heteroatoms. The largest absolute Gasteiger partial charge is 0.354 e. The zero-order chi connectivity index (χ0) is 16.2. The SMILES string of the molecule is c1ccc(Cc2cc(-c3ccccc3)[nH]c2-c2ccccc2)cc1. The minimum absolute atomic E-state index is 0.925. The third-order valence-corrected chi connectivity index (χ3v) is 4.28. The fourth-order valence-corrected chi connectivity index (χ4v) is 3.09. The van der Waals surface area contributed by atoms with Crippen LogP contribution in [0, 0.1) is 0 Å². The molecule has 0 atom stereocenters. The highest BCUT2D eigenvalue weighted by Gasteiger charge is 2.11. The lowest BCUT2D eigenvalue weighted by atomic mass is 10.0. The number of aromatic amines is 1. The van der Waals surface area contributed by atoms with Gasteiger partial charge in [0.2, 0.25) is 0 Å². The maximum Gasteiger partial charge on any atom is 0.0494 e. The quantitative estimate of drug-likeness (QED) is 0.480. The van der Waals surface area contributed by atoms with Gasteiger partial charge in [-0.25, -0.2) is 0 Å². The van der Waals surface area contributed by atoms with Crippen molar-refractivity contribution >= 4 is 0 Å². The van der Waals surface area contributed by atoms with Crippen LogP contribution in [-0.4, -0.2) is 4.98 Å². The van der Waals surface area contributed by atoms with E-state index >= 15 is 0 Å². The molecule has 116 valence electrons. The first-order valence-corrected chi connectivity index (χ1v) is 8.27. The van der Waals surface area contributed by atoms with Gasteiger partial charge in [0.25, 0.3) is 0 Å². The first-order chi connectivity index (χ1) is 11.9. The number of nitrogens with one attached hydrogen (secondary N) is 1. The van der Waals surface area contributed by atoms with Gasteiger partial charge in [0.1, 0.15) is 0 Å². The van der Waals surface area contributed by atoms with E-state index in [1.807, 2.05) is 0 Å². The number of benzene rings is 3. The van der Waals surface area contributed by atoms with Crippen LogP contribution in [0.1, 0.15) is 11.1 Å². The van der Waals surface area contributed by atoms with Gasteiger partial charge >= 0.3 is 0 Å². The van der Waals surface area contributed by atoms with Crippen LogP contribution in [0.4, 0.5) is 0 Å². The lowest BCUT2D eigenvalue weighted by Crippen LogP contribution is -1.89. The topological polar surface area (TPSA) is 15.8 Å². The number of aromatic nitrogens is 1. The third-order valence-electron chi connectivity index (χ3n) is 4.28. The summed E-state index contributed by atoms with van der Waals surface area (Å²) < 4.78 is 0. The number of rotatable bonds is 4. The summed E-state index contributed by atoms with van der Waals surface area (Å²) in [5, 5.41) is 0. The third kappa shape index (κ3) is 3.02. The van der Waals surface area contributed by atoms with Crippen molar-refractivity contribution in [3.05, 3.63) is 108 Å². The fraction of sp³-hybridized carbons (Fsp3) is 0.0435. The summed E-state index contributed by atoms with van der Waals surface area (Å²) in [6.07, 6.45) is 0.925. The van der Waals surface area contributed by atoms with E-state index < -0.39 is 0 Å². The Morgan fingerprint density at radius 3 is 1.75 bits per heavy atom. The van der Waals surface area contributed by atoms with Crippen LogP contribution < -0.4 is 0 Å². The van der Waals surface area contributed by atoms with E-state index in [4.69, 9.17) is 0 Å². The second-order valence-electron chi connectivity index (χ2n) is 5.98. The van der Waals surface area contributed by atoms with Gasteiger partial charge in [-0.1, -0.05) is 91.0 Å². The molecule has 0 spiro atoms. The van der Waals surface area contributed by atoms with Crippen molar-refractivity contribution in [2.45, 2.75) is 6.42 Å². The van der Waals surface area contributed by atoms with Crippen LogP contribution in [0.5, 0.6) is 0 Å². The molecule has 24 heavy (non-hydrogen) atoms. The predicted octanol–water partition coefficient (Wildman–Crippen LogP) is 5.94. The lowest BCUT2D eigenvalue weighted by Gasteiger charge is -2.04. The normalized spacial score (nSPS) is 10.7. The summed E-state index contributed by atoms with van der Waals surface area (Å²) in [4.78, 5) is 3.63. The first-order valence-electron chi connectivity index (χ1n) is 8.27. The van der Waals surface area contributed by atoms with Crippen molar-refractivity contribution in [1.82, 2.24) is 4.98 Å². The zero-order valence-corrected chi connectivity index (χ0v) is 13.4. The number of hydrogen-bond donors (Lipinski definition) is 1. The summed E-state index contributed by atoms with van der Waals surface area (Å²) in [6, 6.07) is 34.0. The van der Waals surface area contributed by atoms with Crippen LogP contribution in [0.3, 0.4) is 0 Å². The van der Waals surface area contributed by atoms with Gasteiger partial charge in [0.05, 0.1) is 0 Å². The van der Waals surface area contributed by atoms with Crippen LogP contribution in [0.15, 0.2) is 97.1 Å². The van der Waals surface area contributed by atoms with E-state index in [0.29, 0.717) is 0 Å². The Bertz CT molecular complexity index is 906. The van der Waals surface area contributed by atoms with Crippen LogP contribution >= 0.6 is 0 Å². The zero-order valence-electron chi connectivity index (χ0n) is 13.4. The molecule has 1 heterocycles. The molecule has 0 amide bonds.